The number of ether oxygens (including phenoxy) is 2. The van der Waals surface area contributed by atoms with Crippen molar-refractivity contribution in [1.82, 2.24) is 4.90 Å². The smallest absolute Gasteiger partial charge is 0.290 e. The van der Waals surface area contributed by atoms with Gasteiger partial charge >= 0.3 is 0 Å². The van der Waals surface area contributed by atoms with Crippen LogP contribution in [0.15, 0.2) is 107 Å². The highest BCUT2D eigenvalue weighted by atomic mass is 16.5. The Balaban J connectivity index is 1.53. The van der Waals surface area contributed by atoms with Gasteiger partial charge in [0, 0.05) is 11.9 Å². The topological polar surface area (TPSA) is 89.2 Å². The highest BCUT2D eigenvalue weighted by molar-refractivity contribution is 6.16. The number of carbonyl (C=O) groups excluding carboxylic acids is 2. The number of nitrogens with zero attached hydrogens (tertiary/aromatic N) is 1. The van der Waals surface area contributed by atoms with E-state index in [0.717, 1.165) is 5.56 Å². The zero-order valence-electron chi connectivity index (χ0n) is 20.9. The molecule has 0 aliphatic carbocycles. The van der Waals surface area contributed by atoms with Crippen molar-refractivity contribution in [2.24, 2.45) is 0 Å². The predicted octanol–water partition coefficient (Wildman–Crippen LogP) is 5.83. The Morgan fingerprint density at radius 1 is 1.08 bits per heavy atom. The minimum absolute atomic E-state index is 0.0136. The van der Waals surface area contributed by atoms with Crippen LogP contribution in [0.3, 0.4) is 0 Å². The van der Waals surface area contributed by atoms with Gasteiger partial charge < -0.3 is 23.9 Å². The molecule has 0 fully saturated rings. The zero-order valence-corrected chi connectivity index (χ0v) is 20.9. The van der Waals surface area contributed by atoms with Crippen LogP contribution in [-0.4, -0.2) is 42.0 Å². The number of fused-ring (bicyclic) bond motifs is 1. The third-order valence-corrected chi connectivity index (χ3v) is 6.55. The van der Waals surface area contributed by atoms with Crippen LogP contribution in [-0.2, 0) is 11.2 Å². The quantitative estimate of drug-likeness (QED) is 0.214. The third-order valence-electron chi connectivity index (χ3n) is 6.55. The van der Waals surface area contributed by atoms with Crippen molar-refractivity contribution < 1.29 is 28.6 Å². The molecule has 2 heterocycles. The lowest BCUT2D eigenvalue weighted by Gasteiger charge is -2.27. The molecule has 1 amide bonds. The summed E-state index contributed by atoms with van der Waals surface area (Å²) in [4.78, 5) is 28.7. The van der Waals surface area contributed by atoms with Crippen molar-refractivity contribution in [2.75, 3.05) is 20.3 Å². The second-order valence-electron chi connectivity index (χ2n) is 8.89. The van der Waals surface area contributed by atoms with Gasteiger partial charge in [0.15, 0.2) is 22.9 Å². The molecule has 3 aromatic carbocycles. The summed E-state index contributed by atoms with van der Waals surface area (Å²) < 4.78 is 16.8. The van der Waals surface area contributed by atoms with E-state index in [2.05, 4.69) is 6.58 Å². The van der Waals surface area contributed by atoms with Gasteiger partial charge in [-0.2, -0.15) is 0 Å². The molecule has 0 radical (unpaired) electrons. The van der Waals surface area contributed by atoms with Gasteiger partial charge in [0.05, 0.1) is 18.7 Å². The third kappa shape index (κ3) is 4.66. The van der Waals surface area contributed by atoms with E-state index < -0.39 is 23.5 Å². The number of carbonyl (C=O) groups is 2. The molecule has 38 heavy (non-hydrogen) atoms. The molecule has 5 rings (SSSR count). The number of furan rings is 1. The Kier molecular flexibility index (Phi) is 7.00. The van der Waals surface area contributed by atoms with Crippen molar-refractivity contribution in [1.29, 1.82) is 0 Å². The molecule has 7 heteroatoms. The molecule has 0 bridgehead atoms. The number of aliphatic hydroxyl groups excluding tert-OH is 1. The molecule has 1 atom stereocenters. The number of aliphatic hydroxyl groups is 1. The number of hydrogen-bond donors (Lipinski definition) is 1. The number of methoxy groups -OCH3 is 1. The summed E-state index contributed by atoms with van der Waals surface area (Å²) in [6.07, 6.45) is 2.20. The zero-order chi connectivity index (χ0) is 26.6. The van der Waals surface area contributed by atoms with Crippen molar-refractivity contribution in [3.63, 3.8) is 0 Å². The SMILES string of the molecule is C=CCOc1ccc(C2C(C(=O)c3cc4cccc(OC)c4o3)=C(O)C(=O)N2CCc2ccccc2)cc1. The van der Waals surface area contributed by atoms with Crippen LogP contribution in [0.25, 0.3) is 11.0 Å². The summed E-state index contributed by atoms with van der Waals surface area (Å²) in [5.74, 6) is -0.618. The van der Waals surface area contributed by atoms with Gasteiger partial charge in [-0.05, 0) is 41.8 Å². The average Bonchev–Trinajstić information content (AvgIpc) is 3.50. The molecule has 1 aliphatic rings. The maximum Gasteiger partial charge on any atom is 0.290 e. The predicted molar refractivity (Wildman–Crippen MR) is 143 cm³/mol. The first kappa shape index (κ1) is 24.9. The Hall–Kier alpha value is -4.78. The Morgan fingerprint density at radius 3 is 2.55 bits per heavy atom. The number of para-hydroxylation sites is 1. The van der Waals surface area contributed by atoms with Crippen LogP contribution in [0.4, 0.5) is 0 Å². The molecular weight excluding hydrogens is 482 g/mol. The van der Waals surface area contributed by atoms with Crippen LogP contribution in [0.5, 0.6) is 11.5 Å². The molecule has 1 unspecified atom stereocenters. The fourth-order valence-electron chi connectivity index (χ4n) is 4.70. The van der Waals surface area contributed by atoms with Crippen molar-refractivity contribution in [2.45, 2.75) is 12.5 Å². The number of Topliss-reactive ketones (excluding diaryl/α,β-unsaturated/α-hetero) is 1. The van der Waals surface area contributed by atoms with E-state index in [0.29, 0.717) is 47.6 Å². The van der Waals surface area contributed by atoms with E-state index in [1.165, 1.54) is 12.0 Å². The Morgan fingerprint density at radius 2 is 1.84 bits per heavy atom. The van der Waals surface area contributed by atoms with Gasteiger partial charge in [0.25, 0.3) is 5.91 Å². The molecule has 0 saturated carbocycles. The van der Waals surface area contributed by atoms with Gasteiger partial charge in [-0.15, -0.1) is 0 Å². The van der Waals surface area contributed by atoms with E-state index >= 15 is 0 Å². The van der Waals surface area contributed by atoms with Crippen LogP contribution < -0.4 is 9.47 Å². The molecule has 192 valence electrons. The normalized spacial score (nSPS) is 15.2. The lowest BCUT2D eigenvalue weighted by atomic mass is 9.94. The summed E-state index contributed by atoms with van der Waals surface area (Å²) in [6.45, 7) is 4.31. The maximum atomic E-state index is 13.8. The monoisotopic (exact) mass is 509 g/mol. The highest BCUT2D eigenvalue weighted by Gasteiger charge is 2.44. The number of rotatable bonds is 10. The molecule has 0 saturated heterocycles. The van der Waals surface area contributed by atoms with Crippen LogP contribution in [0, 0.1) is 0 Å². The molecule has 4 aromatic rings. The van der Waals surface area contributed by atoms with Crippen LogP contribution >= 0.6 is 0 Å². The first-order valence-electron chi connectivity index (χ1n) is 12.2. The number of benzene rings is 3. The van der Waals surface area contributed by atoms with Gasteiger partial charge in [-0.3, -0.25) is 9.59 Å². The number of hydrogen-bond acceptors (Lipinski definition) is 6. The average molecular weight is 510 g/mol. The first-order chi connectivity index (χ1) is 18.5. The molecule has 1 N–H and O–H groups in total. The summed E-state index contributed by atoms with van der Waals surface area (Å²) in [5, 5.41) is 11.7. The summed E-state index contributed by atoms with van der Waals surface area (Å²) in [5.41, 5.74) is 2.10. The highest BCUT2D eigenvalue weighted by Crippen LogP contribution is 2.40. The molecular formula is C31H27NO6. The van der Waals surface area contributed by atoms with Gasteiger partial charge in [0.1, 0.15) is 12.4 Å². The van der Waals surface area contributed by atoms with Gasteiger partial charge in [-0.1, -0.05) is 67.3 Å². The lowest BCUT2D eigenvalue weighted by Crippen LogP contribution is -2.33. The second kappa shape index (κ2) is 10.7. The number of amides is 1. The van der Waals surface area contributed by atoms with Gasteiger partial charge in [-0.25, -0.2) is 0 Å². The first-order valence-corrected chi connectivity index (χ1v) is 12.2. The Bertz CT molecular complexity index is 1520. The van der Waals surface area contributed by atoms with E-state index in [1.54, 1.807) is 54.6 Å². The molecule has 7 nitrogen and oxygen atoms in total. The largest absolute Gasteiger partial charge is 0.503 e. The van der Waals surface area contributed by atoms with E-state index in [-0.39, 0.29) is 11.3 Å². The lowest BCUT2D eigenvalue weighted by molar-refractivity contribution is -0.129. The van der Waals surface area contributed by atoms with Crippen molar-refractivity contribution in [3.05, 3.63) is 120 Å². The second-order valence-corrected chi connectivity index (χ2v) is 8.89. The van der Waals surface area contributed by atoms with Crippen LogP contribution in [0.1, 0.15) is 27.7 Å². The fraction of sp³-hybridized carbons (Fsp3) is 0.161. The van der Waals surface area contributed by atoms with E-state index in [9.17, 15) is 14.7 Å². The van der Waals surface area contributed by atoms with Crippen molar-refractivity contribution in [3.8, 4) is 11.5 Å². The molecule has 0 spiro atoms. The Labute approximate surface area is 220 Å². The minimum atomic E-state index is -0.803. The summed E-state index contributed by atoms with van der Waals surface area (Å²) in [7, 11) is 1.52. The molecule has 1 aliphatic heterocycles. The van der Waals surface area contributed by atoms with E-state index in [1.807, 2.05) is 30.3 Å². The number of ketones is 1. The van der Waals surface area contributed by atoms with Crippen molar-refractivity contribution >= 4 is 22.7 Å². The summed E-state index contributed by atoms with van der Waals surface area (Å²) in [6, 6.07) is 23.0. The van der Waals surface area contributed by atoms with E-state index in [4.69, 9.17) is 13.9 Å². The summed E-state index contributed by atoms with van der Waals surface area (Å²) >= 11 is 0. The van der Waals surface area contributed by atoms with Gasteiger partial charge in [0.2, 0.25) is 5.78 Å². The maximum absolute atomic E-state index is 13.8. The van der Waals surface area contributed by atoms with Crippen LogP contribution in [0.2, 0.25) is 0 Å². The minimum Gasteiger partial charge on any atom is -0.503 e. The molecule has 1 aromatic heterocycles. The standard InChI is InChI=1S/C31H27NO6/c1-3-18-37-23-14-12-21(13-15-23)27-26(28(33)25-19-22-10-7-11-24(36-2)30(22)38-25)29(34)31(35)32(27)17-16-20-8-5-4-6-9-20/h3-15,19,27,34H,1,16-18H2,2H3. The fourth-order valence-corrected chi connectivity index (χ4v) is 4.70.